The number of halogens is 1. The Morgan fingerprint density at radius 1 is 1.22 bits per heavy atom. The van der Waals surface area contributed by atoms with Crippen molar-refractivity contribution in [2.75, 3.05) is 60.0 Å². The average Bonchev–Trinajstić information content (AvgIpc) is 3.13. The Bertz CT molecular complexity index is 475. The molecule has 0 radical (unpaired) electrons. The molecule has 2 N–H and O–H groups in total. The third-order valence-corrected chi connectivity index (χ3v) is 5.54. The van der Waals surface area contributed by atoms with Crippen molar-refractivity contribution >= 4 is 35.8 Å². The Kier molecular flexibility index (Phi) is 10.9. The summed E-state index contributed by atoms with van der Waals surface area (Å²) in [6.07, 6.45) is 4.12. The Hall–Kier alpha value is -0.610. The van der Waals surface area contributed by atoms with Gasteiger partial charge in [0, 0.05) is 46.3 Å². The molecule has 1 heterocycles. The molecule has 1 unspecified atom stereocenters. The van der Waals surface area contributed by atoms with E-state index in [0.717, 1.165) is 71.0 Å². The summed E-state index contributed by atoms with van der Waals surface area (Å²) in [6.45, 7) is 10.1. The molecule has 1 aliphatic carbocycles. The molecule has 7 nitrogen and oxygen atoms in total. The van der Waals surface area contributed by atoms with E-state index in [-0.39, 0.29) is 35.3 Å². The number of nitrogens with one attached hydrogen (secondary N) is 2. The standard InChI is InChI=1S/C19H37N5O2.HI/c1-5-20-18(21-14-16(2)24-10-12-26-13-11-24)22-15-19(8-6-7-9-19)17(25)23(3)4;/h16H,5-15H2,1-4H3,(H2,20,21,22);1H. The highest BCUT2D eigenvalue weighted by Gasteiger charge is 2.42. The summed E-state index contributed by atoms with van der Waals surface area (Å²) in [7, 11) is 3.69. The molecule has 0 bridgehead atoms. The fourth-order valence-electron chi connectivity index (χ4n) is 3.93. The molecule has 2 aliphatic rings. The zero-order chi connectivity index (χ0) is 19.0. The van der Waals surface area contributed by atoms with Gasteiger partial charge in [-0.1, -0.05) is 12.8 Å². The number of aliphatic imine (C=N–C) groups is 1. The van der Waals surface area contributed by atoms with Crippen molar-refractivity contribution in [2.24, 2.45) is 10.4 Å². The SMILES string of the molecule is CCNC(=NCC1(C(=O)N(C)C)CCCC1)NCC(C)N1CCOCC1.I. The van der Waals surface area contributed by atoms with E-state index in [4.69, 9.17) is 9.73 Å². The van der Waals surface area contributed by atoms with Gasteiger partial charge in [0.15, 0.2) is 5.96 Å². The fourth-order valence-corrected chi connectivity index (χ4v) is 3.93. The maximum Gasteiger partial charge on any atom is 0.230 e. The minimum Gasteiger partial charge on any atom is -0.379 e. The lowest BCUT2D eigenvalue weighted by Gasteiger charge is -2.33. The van der Waals surface area contributed by atoms with Gasteiger partial charge < -0.3 is 20.3 Å². The zero-order valence-electron chi connectivity index (χ0n) is 17.4. The van der Waals surface area contributed by atoms with Gasteiger partial charge >= 0.3 is 0 Å². The quantitative estimate of drug-likeness (QED) is 0.319. The molecule has 0 aromatic carbocycles. The number of ether oxygens (including phenoxy) is 1. The fraction of sp³-hybridized carbons (Fsp3) is 0.895. The molecular formula is C19H38IN5O2. The van der Waals surface area contributed by atoms with Gasteiger partial charge in [-0.25, -0.2) is 0 Å². The average molecular weight is 495 g/mol. The van der Waals surface area contributed by atoms with Crippen LogP contribution in [0.4, 0.5) is 0 Å². The lowest BCUT2D eigenvalue weighted by atomic mass is 9.85. The maximum atomic E-state index is 12.7. The van der Waals surface area contributed by atoms with Crippen LogP contribution in [0.15, 0.2) is 4.99 Å². The first-order valence-corrected chi connectivity index (χ1v) is 10.0. The lowest BCUT2D eigenvalue weighted by molar-refractivity contribution is -0.138. The highest BCUT2D eigenvalue weighted by Crippen LogP contribution is 2.39. The summed E-state index contributed by atoms with van der Waals surface area (Å²) in [5, 5.41) is 6.78. The van der Waals surface area contributed by atoms with Gasteiger partial charge in [0.05, 0.1) is 25.2 Å². The van der Waals surface area contributed by atoms with E-state index in [1.165, 1.54) is 0 Å². The Morgan fingerprint density at radius 3 is 2.41 bits per heavy atom. The third kappa shape index (κ3) is 7.05. The van der Waals surface area contributed by atoms with Crippen LogP contribution in [0, 0.1) is 5.41 Å². The summed E-state index contributed by atoms with van der Waals surface area (Å²) < 4.78 is 5.43. The first-order chi connectivity index (χ1) is 12.5. The molecule has 1 aliphatic heterocycles. The summed E-state index contributed by atoms with van der Waals surface area (Å²) in [4.78, 5) is 21.7. The molecule has 1 amide bonds. The highest BCUT2D eigenvalue weighted by molar-refractivity contribution is 14.0. The van der Waals surface area contributed by atoms with Gasteiger partial charge in [-0.05, 0) is 26.7 Å². The van der Waals surface area contributed by atoms with Gasteiger partial charge in [0.1, 0.15) is 0 Å². The van der Waals surface area contributed by atoms with Crippen LogP contribution in [0.25, 0.3) is 0 Å². The van der Waals surface area contributed by atoms with Gasteiger partial charge in [-0.2, -0.15) is 0 Å². The number of amides is 1. The van der Waals surface area contributed by atoms with Crippen LogP contribution < -0.4 is 10.6 Å². The summed E-state index contributed by atoms with van der Waals surface area (Å²) in [5.41, 5.74) is -0.318. The molecule has 8 heteroatoms. The van der Waals surface area contributed by atoms with Gasteiger partial charge in [-0.15, -0.1) is 24.0 Å². The van der Waals surface area contributed by atoms with Crippen molar-refractivity contribution < 1.29 is 9.53 Å². The largest absolute Gasteiger partial charge is 0.379 e. The number of hydrogen-bond donors (Lipinski definition) is 2. The molecule has 2 fully saturated rings. The van der Waals surface area contributed by atoms with Crippen LogP contribution in [0.5, 0.6) is 0 Å². The number of hydrogen-bond acceptors (Lipinski definition) is 4. The lowest BCUT2D eigenvalue weighted by Crippen LogP contribution is -2.49. The summed E-state index contributed by atoms with van der Waals surface area (Å²) in [6, 6.07) is 0.423. The number of carbonyl (C=O) groups excluding carboxylic acids is 1. The Labute approximate surface area is 181 Å². The third-order valence-electron chi connectivity index (χ3n) is 5.54. The molecule has 158 valence electrons. The molecule has 0 aromatic rings. The first kappa shape index (κ1) is 24.4. The second kappa shape index (κ2) is 12.1. The van der Waals surface area contributed by atoms with Crippen LogP contribution >= 0.6 is 24.0 Å². The first-order valence-electron chi connectivity index (χ1n) is 10.0. The zero-order valence-corrected chi connectivity index (χ0v) is 19.8. The van der Waals surface area contributed by atoms with Crippen molar-refractivity contribution in [2.45, 2.75) is 45.6 Å². The van der Waals surface area contributed by atoms with Crippen molar-refractivity contribution in [1.82, 2.24) is 20.4 Å². The van der Waals surface area contributed by atoms with E-state index in [2.05, 4.69) is 29.4 Å². The smallest absolute Gasteiger partial charge is 0.230 e. The number of rotatable bonds is 7. The molecule has 27 heavy (non-hydrogen) atoms. The number of morpholine rings is 1. The van der Waals surface area contributed by atoms with Crippen molar-refractivity contribution in [3.05, 3.63) is 0 Å². The van der Waals surface area contributed by atoms with E-state index < -0.39 is 0 Å². The summed E-state index contributed by atoms with van der Waals surface area (Å²) >= 11 is 0. The van der Waals surface area contributed by atoms with Gasteiger partial charge in [-0.3, -0.25) is 14.7 Å². The van der Waals surface area contributed by atoms with E-state index >= 15 is 0 Å². The van der Waals surface area contributed by atoms with E-state index in [1.807, 2.05) is 14.1 Å². The van der Waals surface area contributed by atoms with Crippen molar-refractivity contribution in [1.29, 1.82) is 0 Å². The van der Waals surface area contributed by atoms with E-state index in [1.54, 1.807) is 4.90 Å². The Balaban J connectivity index is 0.00000364. The number of carbonyl (C=O) groups is 1. The normalized spacial score (nSPS) is 21.3. The van der Waals surface area contributed by atoms with Crippen LogP contribution in [0.2, 0.25) is 0 Å². The van der Waals surface area contributed by atoms with Crippen LogP contribution in [-0.2, 0) is 9.53 Å². The monoisotopic (exact) mass is 495 g/mol. The van der Waals surface area contributed by atoms with Crippen molar-refractivity contribution in [3.8, 4) is 0 Å². The molecular weight excluding hydrogens is 457 g/mol. The second-order valence-corrected chi connectivity index (χ2v) is 7.76. The Morgan fingerprint density at radius 2 is 1.85 bits per heavy atom. The van der Waals surface area contributed by atoms with Crippen LogP contribution in [0.1, 0.15) is 39.5 Å². The second-order valence-electron chi connectivity index (χ2n) is 7.76. The maximum absolute atomic E-state index is 12.7. The minimum absolute atomic E-state index is 0. The molecule has 1 saturated carbocycles. The van der Waals surface area contributed by atoms with E-state index in [0.29, 0.717) is 12.6 Å². The number of guanidine groups is 1. The van der Waals surface area contributed by atoms with Crippen LogP contribution in [-0.4, -0.2) is 87.7 Å². The topological polar surface area (TPSA) is 69.2 Å². The molecule has 0 aromatic heterocycles. The molecule has 0 spiro atoms. The molecule has 2 rings (SSSR count). The number of nitrogens with zero attached hydrogens (tertiary/aromatic N) is 3. The highest BCUT2D eigenvalue weighted by atomic mass is 127. The minimum atomic E-state index is -0.318. The molecule has 1 saturated heterocycles. The summed E-state index contributed by atoms with van der Waals surface area (Å²) in [5.74, 6) is 1.03. The van der Waals surface area contributed by atoms with Gasteiger partial charge in [0.25, 0.3) is 0 Å². The van der Waals surface area contributed by atoms with Crippen molar-refractivity contribution in [3.63, 3.8) is 0 Å². The van der Waals surface area contributed by atoms with Gasteiger partial charge in [0.2, 0.25) is 5.91 Å². The van der Waals surface area contributed by atoms with E-state index in [9.17, 15) is 4.79 Å². The predicted octanol–water partition coefficient (Wildman–Crippen LogP) is 1.53. The van der Waals surface area contributed by atoms with Crippen LogP contribution in [0.3, 0.4) is 0 Å². The predicted molar refractivity (Wildman–Crippen MR) is 121 cm³/mol. The molecule has 1 atom stereocenters.